The Morgan fingerprint density at radius 3 is 2.89 bits per heavy atom. The van der Waals surface area contributed by atoms with Crippen LogP contribution in [0.5, 0.6) is 0 Å². The minimum absolute atomic E-state index is 0.331. The third kappa shape index (κ3) is 2.37. The predicted molar refractivity (Wildman–Crippen MR) is 68.6 cm³/mol. The van der Waals surface area contributed by atoms with Crippen LogP contribution in [0.1, 0.15) is 31.1 Å². The van der Waals surface area contributed by atoms with E-state index in [9.17, 15) is 4.79 Å². The molecule has 0 bridgehead atoms. The molecule has 1 aliphatic rings. The summed E-state index contributed by atoms with van der Waals surface area (Å²) < 4.78 is 10.5. The Labute approximate surface area is 107 Å². The fourth-order valence-electron chi connectivity index (χ4n) is 2.11. The van der Waals surface area contributed by atoms with E-state index in [1.54, 1.807) is 6.92 Å². The monoisotopic (exact) mass is 247 g/mol. The highest BCUT2D eigenvalue weighted by molar-refractivity contribution is 5.80. The van der Waals surface area contributed by atoms with E-state index in [1.807, 2.05) is 24.3 Å². The molecule has 1 aliphatic heterocycles. The first-order valence-corrected chi connectivity index (χ1v) is 6.19. The minimum Gasteiger partial charge on any atom is -0.473 e. The Balaban J connectivity index is 2.24. The number of nitrogens with zero attached hydrogens (tertiary/aromatic N) is 1. The van der Waals surface area contributed by atoms with Crippen molar-refractivity contribution in [1.29, 1.82) is 0 Å². The summed E-state index contributed by atoms with van der Waals surface area (Å²) in [6.45, 7) is 4.22. The van der Waals surface area contributed by atoms with Crippen molar-refractivity contribution >= 4 is 12.4 Å². The average Bonchev–Trinajstić information content (AvgIpc) is 2.88. The molecule has 0 saturated heterocycles. The second kappa shape index (κ2) is 5.67. The van der Waals surface area contributed by atoms with Crippen LogP contribution < -0.4 is 0 Å². The second-order valence-corrected chi connectivity index (χ2v) is 4.06. The first-order chi connectivity index (χ1) is 8.77. The van der Waals surface area contributed by atoms with Crippen LogP contribution in [0.3, 0.4) is 0 Å². The van der Waals surface area contributed by atoms with Gasteiger partial charge in [-0.05, 0) is 24.5 Å². The molecule has 96 valence electrons. The Morgan fingerprint density at radius 1 is 1.39 bits per heavy atom. The summed E-state index contributed by atoms with van der Waals surface area (Å²) in [5.41, 5.74) is 2.18. The first kappa shape index (κ1) is 12.6. The molecule has 0 aromatic heterocycles. The van der Waals surface area contributed by atoms with Crippen LogP contribution in [-0.4, -0.2) is 25.0 Å². The fourth-order valence-corrected chi connectivity index (χ4v) is 2.11. The van der Waals surface area contributed by atoms with Gasteiger partial charge in [-0.25, -0.2) is 9.79 Å². The van der Waals surface area contributed by atoms with Crippen molar-refractivity contribution < 1.29 is 14.3 Å². The molecule has 0 radical (unpaired) electrons. The quantitative estimate of drug-likeness (QED) is 0.767. The van der Waals surface area contributed by atoms with Gasteiger partial charge < -0.3 is 9.47 Å². The number of carbonyl (C=O) groups is 1. The summed E-state index contributed by atoms with van der Waals surface area (Å²) >= 11 is 0. The molecule has 4 heteroatoms. The van der Waals surface area contributed by atoms with Gasteiger partial charge in [-0.3, -0.25) is 0 Å². The van der Waals surface area contributed by atoms with E-state index >= 15 is 0 Å². The van der Waals surface area contributed by atoms with Crippen molar-refractivity contribution in [3.8, 4) is 0 Å². The zero-order valence-corrected chi connectivity index (χ0v) is 10.6. The van der Waals surface area contributed by atoms with Crippen LogP contribution in [0.2, 0.25) is 0 Å². The standard InChI is InChI=1S/C14H17NO3/c1-3-10-7-5-6-8-11(10)13-12(15-9-18-13)14(16)17-4-2/h5-9,12-13H,3-4H2,1-2H3. The van der Waals surface area contributed by atoms with E-state index in [0.717, 1.165) is 12.0 Å². The number of aliphatic imine (C=N–C) groups is 1. The molecule has 0 N–H and O–H groups in total. The van der Waals surface area contributed by atoms with Gasteiger partial charge in [-0.2, -0.15) is 0 Å². The summed E-state index contributed by atoms with van der Waals surface area (Å²) in [6, 6.07) is 7.36. The summed E-state index contributed by atoms with van der Waals surface area (Å²) in [6.07, 6.45) is 1.88. The summed E-state index contributed by atoms with van der Waals surface area (Å²) in [4.78, 5) is 15.9. The van der Waals surface area contributed by atoms with Crippen LogP contribution in [0, 0.1) is 0 Å². The molecule has 0 amide bonds. The lowest BCUT2D eigenvalue weighted by Gasteiger charge is -2.18. The lowest BCUT2D eigenvalue weighted by Crippen LogP contribution is -2.26. The van der Waals surface area contributed by atoms with Crippen molar-refractivity contribution in [2.24, 2.45) is 4.99 Å². The zero-order chi connectivity index (χ0) is 13.0. The third-order valence-corrected chi connectivity index (χ3v) is 2.99. The molecule has 18 heavy (non-hydrogen) atoms. The fraction of sp³-hybridized carbons (Fsp3) is 0.429. The van der Waals surface area contributed by atoms with Gasteiger partial charge >= 0.3 is 5.97 Å². The Kier molecular flexibility index (Phi) is 3.97. The van der Waals surface area contributed by atoms with Gasteiger partial charge in [-0.15, -0.1) is 0 Å². The molecule has 2 rings (SSSR count). The molecule has 0 spiro atoms. The SMILES string of the molecule is CCOC(=O)C1N=COC1c1ccccc1CC. The highest BCUT2D eigenvalue weighted by atomic mass is 16.5. The average molecular weight is 247 g/mol. The van der Waals surface area contributed by atoms with Gasteiger partial charge in [0.2, 0.25) is 0 Å². The molecule has 2 unspecified atom stereocenters. The van der Waals surface area contributed by atoms with Gasteiger partial charge in [0.1, 0.15) is 0 Å². The molecule has 1 aromatic carbocycles. The third-order valence-electron chi connectivity index (χ3n) is 2.99. The van der Waals surface area contributed by atoms with Crippen LogP contribution >= 0.6 is 0 Å². The van der Waals surface area contributed by atoms with Gasteiger partial charge in [0.25, 0.3) is 0 Å². The predicted octanol–water partition coefficient (Wildman–Crippen LogP) is 2.28. The molecule has 0 aliphatic carbocycles. The number of esters is 1. The Morgan fingerprint density at radius 2 is 2.17 bits per heavy atom. The van der Waals surface area contributed by atoms with Gasteiger partial charge in [-0.1, -0.05) is 31.2 Å². The van der Waals surface area contributed by atoms with Gasteiger partial charge in [0.05, 0.1) is 6.61 Å². The van der Waals surface area contributed by atoms with Crippen molar-refractivity contribution in [3.05, 3.63) is 35.4 Å². The number of hydrogen-bond donors (Lipinski definition) is 0. The van der Waals surface area contributed by atoms with Gasteiger partial charge in [0.15, 0.2) is 18.5 Å². The smallest absolute Gasteiger partial charge is 0.335 e. The number of carbonyl (C=O) groups excluding carboxylic acids is 1. The van der Waals surface area contributed by atoms with Crippen molar-refractivity contribution in [2.45, 2.75) is 32.4 Å². The normalized spacial score (nSPS) is 21.7. The van der Waals surface area contributed by atoms with E-state index < -0.39 is 6.04 Å². The summed E-state index contributed by atoms with van der Waals surface area (Å²) in [7, 11) is 0. The van der Waals surface area contributed by atoms with E-state index in [4.69, 9.17) is 9.47 Å². The zero-order valence-electron chi connectivity index (χ0n) is 10.6. The lowest BCUT2D eigenvalue weighted by molar-refractivity contribution is -0.146. The summed E-state index contributed by atoms with van der Waals surface area (Å²) in [5.74, 6) is -0.331. The molecule has 4 nitrogen and oxygen atoms in total. The van der Waals surface area contributed by atoms with Crippen LogP contribution in [0.25, 0.3) is 0 Å². The molecule has 1 heterocycles. The van der Waals surface area contributed by atoms with Crippen molar-refractivity contribution in [3.63, 3.8) is 0 Å². The van der Waals surface area contributed by atoms with Crippen LogP contribution in [-0.2, 0) is 20.7 Å². The summed E-state index contributed by atoms with van der Waals surface area (Å²) in [5, 5.41) is 0. The van der Waals surface area contributed by atoms with E-state index in [0.29, 0.717) is 6.61 Å². The maximum absolute atomic E-state index is 11.8. The molecule has 0 fully saturated rings. The number of rotatable bonds is 4. The second-order valence-electron chi connectivity index (χ2n) is 4.06. The first-order valence-electron chi connectivity index (χ1n) is 6.19. The van der Waals surface area contributed by atoms with Crippen molar-refractivity contribution in [2.75, 3.05) is 6.61 Å². The lowest BCUT2D eigenvalue weighted by atomic mass is 9.96. The number of ether oxygens (including phenoxy) is 2. The maximum atomic E-state index is 11.8. The molecule has 0 saturated carbocycles. The van der Waals surface area contributed by atoms with Crippen molar-refractivity contribution in [1.82, 2.24) is 0 Å². The largest absolute Gasteiger partial charge is 0.473 e. The molecular formula is C14H17NO3. The van der Waals surface area contributed by atoms with Gasteiger partial charge in [0, 0.05) is 0 Å². The highest BCUT2D eigenvalue weighted by Gasteiger charge is 2.35. The van der Waals surface area contributed by atoms with E-state index in [-0.39, 0.29) is 12.1 Å². The van der Waals surface area contributed by atoms with E-state index in [1.165, 1.54) is 12.0 Å². The number of benzene rings is 1. The van der Waals surface area contributed by atoms with Crippen LogP contribution in [0.15, 0.2) is 29.3 Å². The number of aryl methyl sites for hydroxylation is 1. The van der Waals surface area contributed by atoms with E-state index in [2.05, 4.69) is 11.9 Å². The number of hydrogen-bond acceptors (Lipinski definition) is 4. The minimum atomic E-state index is -0.586. The molecular weight excluding hydrogens is 230 g/mol. The molecule has 2 atom stereocenters. The Bertz CT molecular complexity index is 456. The topological polar surface area (TPSA) is 47.9 Å². The van der Waals surface area contributed by atoms with Crippen LogP contribution in [0.4, 0.5) is 0 Å². The molecule has 1 aromatic rings. The maximum Gasteiger partial charge on any atom is 0.335 e. The Hall–Kier alpha value is -1.84. The highest BCUT2D eigenvalue weighted by Crippen LogP contribution is 2.30.